The number of fused-ring (bicyclic) bond motifs is 1. The first-order valence-corrected chi connectivity index (χ1v) is 11.7. The van der Waals surface area contributed by atoms with Crippen molar-refractivity contribution in [2.75, 3.05) is 17.6 Å². The van der Waals surface area contributed by atoms with E-state index in [9.17, 15) is 4.79 Å². The number of carbonyl (C=O) groups is 1. The van der Waals surface area contributed by atoms with Crippen LogP contribution >= 0.6 is 0 Å². The zero-order valence-electron chi connectivity index (χ0n) is 19.8. The van der Waals surface area contributed by atoms with Crippen LogP contribution in [0.3, 0.4) is 0 Å². The van der Waals surface area contributed by atoms with Crippen LogP contribution in [-0.2, 0) is 19.5 Å². The lowest BCUT2D eigenvalue weighted by Crippen LogP contribution is -2.30. The number of nitrogens with two attached hydrogens (primary N) is 1. The number of urea groups is 1. The number of nitrogen functional groups attached to an aromatic ring is 1. The van der Waals surface area contributed by atoms with Crippen LogP contribution in [0.5, 0.6) is 0 Å². The zero-order chi connectivity index (χ0) is 23.9. The maximum atomic E-state index is 12.4. The van der Waals surface area contributed by atoms with Crippen LogP contribution in [0.4, 0.5) is 16.3 Å². The number of amides is 2. The second-order valence-electron chi connectivity index (χ2n) is 8.55. The van der Waals surface area contributed by atoms with E-state index >= 15 is 0 Å². The number of nitrogens with one attached hydrogen (secondary N) is 2. The van der Waals surface area contributed by atoms with Crippen LogP contribution in [0.2, 0.25) is 0 Å². The quantitative estimate of drug-likeness (QED) is 0.309. The number of carbonyl (C=O) groups excluding carboxylic acids is 1. The fourth-order valence-electron chi connectivity index (χ4n) is 4.08. The van der Waals surface area contributed by atoms with Crippen LogP contribution in [-0.4, -0.2) is 36.9 Å². The van der Waals surface area contributed by atoms with Gasteiger partial charge in [-0.05, 0) is 75.4 Å². The second kappa shape index (κ2) is 10.8. The van der Waals surface area contributed by atoms with Crippen LogP contribution in [0.25, 0.3) is 10.9 Å². The molecule has 178 valence electrons. The largest absolute Gasteiger partial charge is 0.384 e. The summed E-state index contributed by atoms with van der Waals surface area (Å²) in [6, 6.07) is 9.66. The summed E-state index contributed by atoms with van der Waals surface area (Å²) >= 11 is 0. The first-order chi connectivity index (χ1) is 16.5. The molecule has 0 atom stereocenters. The normalized spacial score (nSPS) is 11.1. The smallest absolute Gasteiger partial charge is 0.319 e. The molecule has 0 aliphatic carbocycles. The van der Waals surface area contributed by atoms with E-state index in [-0.39, 0.29) is 6.03 Å². The molecule has 9 nitrogen and oxygen atoms in total. The number of nitrogens with zero attached hydrogens (tertiary/aromatic N) is 5. The van der Waals surface area contributed by atoms with E-state index in [2.05, 4.69) is 25.2 Å². The molecule has 0 radical (unpaired) electrons. The molecule has 1 aromatic carbocycles. The van der Waals surface area contributed by atoms with Gasteiger partial charge in [0.2, 0.25) is 0 Å². The highest BCUT2D eigenvalue weighted by molar-refractivity contribution is 5.93. The molecule has 0 aliphatic heterocycles. The highest BCUT2D eigenvalue weighted by atomic mass is 16.2. The third-order valence-electron chi connectivity index (χ3n) is 5.91. The third kappa shape index (κ3) is 5.92. The van der Waals surface area contributed by atoms with Gasteiger partial charge in [-0.2, -0.15) is 5.10 Å². The maximum Gasteiger partial charge on any atom is 0.319 e. The Bertz CT molecular complexity index is 1260. The Morgan fingerprint density at radius 2 is 1.97 bits per heavy atom. The van der Waals surface area contributed by atoms with Crippen molar-refractivity contribution in [1.29, 1.82) is 0 Å². The summed E-state index contributed by atoms with van der Waals surface area (Å²) in [5, 5.41) is 11.7. The van der Waals surface area contributed by atoms with E-state index in [1.165, 1.54) is 5.56 Å². The molecule has 34 heavy (non-hydrogen) atoms. The Kier molecular flexibility index (Phi) is 7.41. The molecule has 3 heterocycles. The van der Waals surface area contributed by atoms with Gasteiger partial charge in [-0.15, -0.1) is 0 Å². The van der Waals surface area contributed by atoms with Gasteiger partial charge in [-0.1, -0.05) is 0 Å². The fraction of sp³-hybridized carbons (Fsp3) is 0.360. The summed E-state index contributed by atoms with van der Waals surface area (Å²) in [5.74, 6) is 0.559. The van der Waals surface area contributed by atoms with Gasteiger partial charge >= 0.3 is 6.03 Å². The number of aromatic nitrogens is 5. The first-order valence-electron chi connectivity index (χ1n) is 11.7. The van der Waals surface area contributed by atoms with Crippen molar-refractivity contribution in [2.24, 2.45) is 0 Å². The number of rotatable bonds is 10. The lowest BCUT2D eigenvalue weighted by Gasteiger charge is -2.10. The molecule has 0 aliphatic rings. The molecule has 0 unspecified atom stereocenters. The van der Waals surface area contributed by atoms with E-state index in [0.717, 1.165) is 66.8 Å². The van der Waals surface area contributed by atoms with Crippen molar-refractivity contribution in [3.63, 3.8) is 0 Å². The highest BCUT2D eigenvalue weighted by Crippen LogP contribution is 2.23. The minimum absolute atomic E-state index is 0.207. The number of unbranched alkanes of at least 4 members (excludes halogenated alkanes) is 1. The molecular formula is C25H32N8O. The van der Waals surface area contributed by atoms with Gasteiger partial charge in [0.1, 0.15) is 5.82 Å². The summed E-state index contributed by atoms with van der Waals surface area (Å²) < 4.78 is 4.10. The minimum Gasteiger partial charge on any atom is -0.384 e. The monoisotopic (exact) mass is 460 g/mol. The topological polar surface area (TPSA) is 116 Å². The molecule has 4 rings (SSSR count). The average Bonchev–Trinajstić information content (AvgIpc) is 3.36. The zero-order valence-corrected chi connectivity index (χ0v) is 19.8. The molecule has 0 saturated carbocycles. The van der Waals surface area contributed by atoms with Crippen molar-refractivity contribution in [2.45, 2.75) is 52.6 Å². The molecule has 4 N–H and O–H groups in total. The fourth-order valence-corrected chi connectivity index (χ4v) is 4.08. The Hall–Kier alpha value is -3.88. The van der Waals surface area contributed by atoms with Crippen LogP contribution in [0.1, 0.15) is 36.2 Å². The van der Waals surface area contributed by atoms with Gasteiger partial charge in [0.05, 0.1) is 17.5 Å². The Morgan fingerprint density at radius 1 is 1.09 bits per heavy atom. The summed E-state index contributed by atoms with van der Waals surface area (Å²) in [6.07, 6.45) is 9.21. The standard InChI is InChI=1S/C25H32N8O/c1-18-16-27-17-32(18)12-5-10-29-25(34)30-21-7-8-22-19(2)31-33(23(22)15-21)13-4-3-6-20-9-11-28-24(26)14-20/h7-9,11,14-17H,3-6,10,12-13H2,1-2H3,(H2,26,28)(H2,29,30,34). The number of hydrogen-bond donors (Lipinski definition) is 3. The number of benzene rings is 1. The minimum atomic E-state index is -0.207. The summed E-state index contributed by atoms with van der Waals surface area (Å²) in [7, 11) is 0. The molecule has 3 aromatic heterocycles. The molecule has 4 aromatic rings. The summed E-state index contributed by atoms with van der Waals surface area (Å²) in [6.45, 7) is 6.26. The number of hydrogen-bond acceptors (Lipinski definition) is 5. The van der Waals surface area contributed by atoms with E-state index < -0.39 is 0 Å². The molecule has 2 amide bonds. The highest BCUT2D eigenvalue weighted by Gasteiger charge is 2.10. The van der Waals surface area contributed by atoms with Crippen molar-refractivity contribution in [3.05, 3.63) is 66.0 Å². The van der Waals surface area contributed by atoms with Gasteiger partial charge in [-0.3, -0.25) is 4.68 Å². The first kappa shape index (κ1) is 23.3. The second-order valence-corrected chi connectivity index (χ2v) is 8.55. The molecule has 9 heteroatoms. The van der Waals surface area contributed by atoms with Crippen molar-refractivity contribution in [1.82, 2.24) is 29.6 Å². The van der Waals surface area contributed by atoms with Crippen LogP contribution in [0, 0.1) is 13.8 Å². The average molecular weight is 461 g/mol. The van der Waals surface area contributed by atoms with Crippen molar-refractivity contribution < 1.29 is 4.79 Å². The Balaban J connectivity index is 1.29. The molecule has 0 saturated heterocycles. The predicted octanol–water partition coefficient (Wildman–Crippen LogP) is 4.06. The number of aryl methyl sites for hydroxylation is 5. The SMILES string of the molecule is Cc1nn(CCCCc2ccnc(N)c2)c2cc(NC(=O)NCCCn3cncc3C)ccc12. The van der Waals surface area contributed by atoms with Crippen molar-refractivity contribution in [3.8, 4) is 0 Å². The molecule has 0 fully saturated rings. The number of anilines is 2. The Morgan fingerprint density at radius 3 is 2.76 bits per heavy atom. The van der Waals surface area contributed by atoms with Crippen LogP contribution < -0.4 is 16.4 Å². The molecule has 0 spiro atoms. The van der Waals surface area contributed by atoms with Gasteiger partial charge in [0.15, 0.2) is 0 Å². The third-order valence-corrected chi connectivity index (χ3v) is 5.91. The predicted molar refractivity (Wildman–Crippen MR) is 135 cm³/mol. The molecule has 0 bridgehead atoms. The number of imidazole rings is 1. The van der Waals surface area contributed by atoms with E-state index in [4.69, 9.17) is 10.8 Å². The van der Waals surface area contributed by atoms with E-state index in [1.54, 1.807) is 6.20 Å². The van der Waals surface area contributed by atoms with Gasteiger partial charge < -0.3 is 20.9 Å². The summed E-state index contributed by atoms with van der Waals surface area (Å²) in [5.41, 5.74) is 10.9. The summed E-state index contributed by atoms with van der Waals surface area (Å²) in [4.78, 5) is 20.5. The lowest BCUT2D eigenvalue weighted by molar-refractivity contribution is 0.252. The number of pyridine rings is 1. The van der Waals surface area contributed by atoms with Gasteiger partial charge in [-0.25, -0.2) is 14.8 Å². The van der Waals surface area contributed by atoms with Gasteiger partial charge in [0.25, 0.3) is 0 Å². The Labute approximate surface area is 199 Å². The maximum absolute atomic E-state index is 12.4. The molecular weight excluding hydrogens is 428 g/mol. The van der Waals surface area contributed by atoms with E-state index in [1.807, 2.05) is 61.4 Å². The lowest BCUT2D eigenvalue weighted by atomic mass is 10.1. The van der Waals surface area contributed by atoms with E-state index in [0.29, 0.717) is 12.4 Å². The van der Waals surface area contributed by atoms with Crippen LogP contribution in [0.15, 0.2) is 49.1 Å². The van der Waals surface area contributed by atoms with Gasteiger partial charge in [0, 0.05) is 48.8 Å². The van der Waals surface area contributed by atoms with Crippen molar-refractivity contribution >= 4 is 28.4 Å².